The zero-order chi connectivity index (χ0) is 17.0. The Labute approximate surface area is 141 Å². The number of primary sulfonamides is 1. The fraction of sp³-hybridized carbons (Fsp3) is 0.375. The van der Waals surface area contributed by atoms with Crippen molar-refractivity contribution in [3.05, 3.63) is 47.4 Å². The Morgan fingerprint density at radius 2 is 1.88 bits per heavy atom. The van der Waals surface area contributed by atoms with E-state index < -0.39 is 10.0 Å². The van der Waals surface area contributed by atoms with Gasteiger partial charge in [-0.2, -0.15) is 0 Å². The molecule has 0 unspecified atom stereocenters. The lowest BCUT2D eigenvalue weighted by atomic mass is 10.1. The van der Waals surface area contributed by atoms with E-state index in [0.717, 1.165) is 49.4 Å². The molecule has 1 aliphatic rings. The standard InChI is InChI=1S/C16H21N5O2S/c17-24(22,23)13-3-1-12(2-4-13)5-10-19-16-14-6-8-18-9-7-15(14)20-11-21-16/h1-4,11,18H,5-10H2,(H2,17,22,23)(H,19,20,21). The summed E-state index contributed by atoms with van der Waals surface area (Å²) in [6.45, 7) is 2.59. The third-order valence-corrected chi connectivity index (χ3v) is 5.01. The van der Waals surface area contributed by atoms with Crippen LogP contribution < -0.4 is 15.8 Å². The zero-order valence-electron chi connectivity index (χ0n) is 13.3. The molecule has 8 heteroatoms. The molecule has 0 aliphatic carbocycles. The van der Waals surface area contributed by atoms with Gasteiger partial charge in [-0.05, 0) is 37.1 Å². The second kappa shape index (κ2) is 7.25. The predicted octanol–water partition coefficient (Wildman–Crippen LogP) is 0.467. The van der Waals surface area contributed by atoms with E-state index in [1.54, 1.807) is 18.5 Å². The molecule has 7 nitrogen and oxygen atoms in total. The van der Waals surface area contributed by atoms with Crippen molar-refractivity contribution in [2.24, 2.45) is 5.14 Å². The molecule has 0 fully saturated rings. The van der Waals surface area contributed by atoms with Gasteiger partial charge in [-0.3, -0.25) is 0 Å². The first kappa shape index (κ1) is 16.8. The fourth-order valence-corrected chi connectivity index (χ4v) is 3.31. The van der Waals surface area contributed by atoms with Crippen LogP contribution in [0.25, 0.3) is 0 Å². The molecule has 4 N–H and O–H groups in total. The largest absolute Gasteiger partial charge is 0.369 e. The molecule has 0 bridgehead atoms. The number of benzene rings is 1. The molecule has 3 rings (SSSR count). The van der Waals surface area contributed by atoms with Gasteiger partial charge in [0, 0.05) is 25.1 Å². The molecule has 0 radical (unpaired) electrons. The van der Waals surface area contributed by atoms with E-state index in [9.17, 15) is 8.42 Å². The Bertz CT molecular complexity index is 806. The quantitative estimate of drug-likeness (QED) is 0.725. The van der Waals surface area contributed by atoms with Crippen molar-refractivity contribution in [2.45, 2.75) is 24.2 Å². The number of anilines is 1. The molecule has 2 aromatic rings. The Kier molecular flexibility index (Phi) is 5.08. The van der Waals surface area contributed by atoms with E-state index >= 15 is 0 Å². The highest BCUT2D eigenvalue weighted by Crippen LogP contribution is 2.18. The molecule has 2 heterocycles. The van der Waals surface area contributed by atoms with E-state index in [-0.39, 0.29) is 4.90 Å². The predicted molar refractivity (Wildman–Crippen MR) is 92.3 cm³/mol. The van der Waals surface area contributed by atoms with Crippen molar-refractivity contribution in [3.8, 4) is 0 Å². The minimum Gasteiger partial charge on any atom is -0.369 e. The normalized spacial score (nSPS) is 14.7. The summed E-state index contributed by atoms with van der Waals surface area (Å²) in [5.41, 5.74) is 3.33. The van der Waals surface area contributed by atoms with Crippen molar-refractivity contribution >= 4 is 15.8 Å². The maximum Gasteiger partial charge on any atom is 0.238 e. The lowest BCUT2D eigenvalue weighted by Gasteiger charge is -2.12. The first-order chi connectivity index (χ1) is 11.5. The number of rotatable bonds is 5. The summed E-state index contributed by atoms with van der Waals surface area (Å²) in [6.07, 6.45) is 4.21. The number of aromatic nitrogens is 2. The lowest BCUT2D eigenvalue weighted by Crippen LogP contribution is -2.16. The molecule has 128 valence electrons. The minimum atomic E-state index is -3.64. The molecule has 0 atom stereocenters. The Morgan fingerprint density at radius 1 is 1.12 bits per heavy atom. The average Bonchev–Trinajstić information content (AvgIpc) is 2.80. The van der Waals surface area contributed by atoms with Crippen LogP contribution in [0.2, 0.25) is 0 Å². The van der Waals surface area contributed by atoms with Crippen LogP contribution in [0.5, 0.6) is 0 Å². The Balaban J connectivity index is 1.63. The zero-order valence-corrected chi connectivity index (χ0v) is 14.1. The van der Waals surface area contributed by atoms with E-state index in [1.807, 2.05) is 0 Å². The van der Waals surface area contributed by atoms with Crippen molar-refractivity contribution in [2.75, 3.05) is 25.0 Å². The first-order valence-corrected chi connectivity index (χ1v) is 9.48. The molecule has 0 spiro atoms. The van der Waals surface area contributed by atoms with Crippen molar-refractivity contribution in [1.29, 1.82) is 0 Å². The molecular weight excluding hydrogens is 326 g/mol. The highest BCUT2D eigenvalue weighted by atomic mass is 32.2. The van der Waals surface area contributed by atoms with E-state index in [2.05, 4.69) is 20.6 Å². The van der Waals surface area contributed by atoms with E-state index in [1.165, 1.54) is 17.7 Å². The van der Waals surface area contributed by atoms with Crippen LogP contribution >= 0.6 is 0 Å². The minimum absolute atomic E-state index is 0.132. The number of hydrogen-bond acceptors (Lipinski definition) is 6. The van der Waals surface area contributed by atoms with Gasteiger partial charge in [0.1, 0.15) is 12.1 Å². The van der Waals surface area contributed by atoms with Crippen LogP contribution in [0.1, 0.15) is 16.8 Å². The van der Waals surface area contributed by atoms with Gasteiger partial charge in [0.05, 0.1) is 10.6 Å². The second-order valence-electron chi connectivity index (χ2n) is 5.76. The summed E-state index contributed by atoms with van der Waals surface area (Å²) in [7, 11) is -3.64. The molecule has 0 saturated heterocycles. The summed E-state index contributed by atoms with van der Waals surface area (Å²) in [5, 5.41) is 11.8. The number of hydrogen-bond donors (Lipinski definition) is 3. The lowest BCUT2D eigenvalue weighted by molar-refractivity contribution is 0.598. The maximum atomic E-state index is 11.3. The highest BCUT2D eigenvalue weighted by molar-refractivity contribution is 7.89. The molecule has 0 amide bonds. The van der Waals surface area contributed by atoms with Gasteiger partial charge < -0.3 is 10.6 Å². The monoisotopic (exact) mass is 347 g/mol. The summed E-state index contributed by atoms with van der Waals surface area (Å²) in [6, 6.07) is 6.64. The fourth-order valence-electron chi connectivity index (χ4n) is 2.80. The summed E-state index contributed by atoms with van der Waals surface area (Å²) >= 11 is 0. The van der Waals surface area contributed by atoms with Gasteiger partial charge in [0.25, 0.3) is 0 Å². The van der Waals surface area contributed by atoms with Gasteiger partial charge in [0.15, 0.2) is 0 Å². The van der Waals surface area contributed by atoms with Gasteiger partial charge in [0.2, 0.25) is 10.0 Å². The van der Waals surface area contributed by atoms with Crippen LogP contribution in [0.4, 0.5) is 5.82 Å². The molecule has 1 aromatic carbocycles. The SMILES string of the molecule is NS(=O)(=O)c1ccc(CCNc2ncnc3c2CCNCC3)cc1. The number of fused-ring (bicyclic) bond motifs is 1. The molecule has 1 aromatic heterocycles. The van der Waals surface area contributed by atoms with Gasteiger partial charge >= 0.3 is 0 Å². The topological polar surface area (TPSA) is 110 Å². The summed E-state index contributed by atoms with van der Waals surface area (Å²) in [5.74, 6) is 0.893. The number of nitrogens with one attached hydrogen (secondary N) is 2. The van der Waals surface area contributed by atoms with E-state index in [4.69, 9.17) is 5.14 Å². The highest BCUT2D eigenvalue weighted by Gasteiger charge is 2.13. The number of nitrogens with zero attached hydrogens (tertiary/aromatic N) is 2. The van der Waals surface area contributed by atoms with Gasteiger partial charge in [-0.1, -0.05) is 12.1 Å². The molecular formula is C16H21N5O2S. The first-order valence-electron chi connectivity index (χ1n) is 7.93. The van der Waals surface area contributed by atoms with Crippen molar-refractivity contribution < 1.29 is 8.42 Å². The summed E-state index contributed by atoms with van der Waals surface area (Å²) in [4.78, 5) is 8.88. The smallest absolute Gasteiger partial charge is 0.238 e. The van der Waals surface area contributed by atoms with Gasteiger partial charge in [-0.15, -0.1) is 0 Å². The number of nitrogens with two attached hydrogens (primary N) is 1. The third-order valence-electron chi connectivity index (χ3n) is 4.08. The van der Waals surface area contributed by atoms with Gasteiger partial charge in [-0.25, -0.2) is 23.5 Å². The average molecular weight is 347 g/mol. The second-order valence-corrected chi connectivity index (χ2v) is 7.32. The van der Waals surface area contributed by atoms with E-state index in [0.29, 0.717) is 6.54 Å². The maximum absolute atomic E-state index is 11.3. The Morgan fingerprint density at radius 3 is 2.62 bits per heavy atom. The molecule has 1 aliphatic heterocycles. The van der Waals surface area contributed by atoms with Crippen LogP contribution in [0.3, 0.4) is 0 Å². The molecule has 0 saturated carbocycles. The van der Waals surface area contributed by atoms with Crippen molar-refractivity contribution in [1.82, 2.24) is 15.3 Å². The summed E-state index contributed by atoms with van der Waals surface area (Å²) < 4.78 is 22.5. The van der Waals surface area contributed by atoms with Crippen LogP contribution in [-0.2, 0) is 29.3 Å². The van der Waals surface area contributed by atoms with Crippen LogP contribution in [-0.4, -0.2) is 38.0 Å². The molecule has 24 heavy (non-hydrogen) atoms. The van der Waals surface area contributed by atoms with Crippen molar-refractivity contribution in [3.63, 3.8) is 0 Å². The van der Waals surface area contributed by atoms with Crippen LogP contribution in [0.15, 0.2) is 35.5 Å². The number of sulfonamides is 1. The van der Waals surface area contributed by atoms with Crippen LogP contribution in [0, 0.1) is 0 Å². The third kappa shape index (κ3) is 4.08. The Hall–Kier alpha value is -2.03.